The lowest BCUT2D eigenvalue weighted by atomic mass is 9.84. The zero-order valence-corrected chi connectivity index (χ0v) is 55.7. The Balaban J connectivity index is 1.80. The average molecular weight is 1280 g/mol. The van der Waals surface area contributed by atoms with Gasteiger partial charge >= 0.3 is 6.18 Å². The number of amides is 11. The van der Waals surface area contributed by atoms with Gasteiger partial charge in [0.05, 0.1) is 30.2 Å². The highest BCUT2D eigenvalue weighted by molar-refractivity contribution is 6.31. The summed E-state index contributed by atoms with van der Waals surface area (Å²) in [7, 11) is 8.47. The summed E-state index contributed by atoms with van der Waals surface area (Å²) in [4.78, 5) is 167. The van der Waals surface area contributed by atoms with Gasteiger partial charge in [-0.3, -0.25) is 52.7 Å². The third-order valence-corrected chi connectivity index (χ3v) is 18.3. The number of halogens is 4. The normalized spacial score (nSPS) is 26.8. The summed E-state index contributed by atoms with van der Waals surface area (Å²) < 4.78 is 41.2. The molecule has 1 aromatic rings. The first kappa shape index (κ1) is 74.9. The second-order valence-corrected chi connectivity index (χ2v) is 26.4. The van der Waals surface area contributed by atoms with Crippen molar-refractivity contribution < 1.29 is 65.9 Å². The number of nitrogens with zero attached hydrogens (tertiary/aromatic N) is 7. The third-order valence-electron chi connectivity index (χ3n) is 18.0. The Kier molecular flexibility index (Phi) is 27.8. The summed E-state index contributed by atoms with van der Waals surface area (Å²) in [6.07, 6.45) is 0.468. The van der Waals surface area contributed by atoms with Crippen LogP contribution in [0.1, 0.15) is 157 Å². The molecule has 4 N–H and O–H groups in total. The predicted molar refractivity (Wildman–Crippen MR) is 330 cm³/mol. The van der Waals surface area contributed by atoms with Crippen molar-refractivity contribution in [2.75, 3.05) is 68.5 Å². The second kappa shape index (κ2) is 33.0. The lowest BCUT2D eigenvalue weighted by Gasteiger charge is -2.39. The van der Waals surface area contributed by atoms with Gasteiger partial charge < -0.3 is 55.6 Å². The maximum atomic E-state index is 14.9. The Morgan fingerprint density at radius 3 is 1.85 bits per heavy atom. The van der Waals surface area contributed by atoms with Crippen LogP contribution in [0.15, 0.2) is 18.2 Å². The van der Waals surface area contributed by atoms with E-state index in [2.05, 4.69) is 21.3 Å². The number of hydrogen-bond acceptors (Lipinski definition) is 11. The molecule has 0 spiro atoms. The molecule has 3 aliphatic rings. The molecule has 9 atom stereocenters. The van der Waals surface area contributed by atoms with Gasteiger partial charge in [0.2, 0.25) is 65.0 Å². The average Bonchev–Trinajstić information content (AvgIpc) is 2.26. The molecule has 26 heteroatoms. The Bertz CT molecular complexity index is 2710. The highest BCUT2D eigenvalue weighted by Crippen LogP contribution is 2.36. The summed E-state index contributed by atoms with van der Waals surface area (Å²) in [5.41, 5.74) is -2.42. The molecule has 0 radical (unpaired) electrons. The van der Waals surface area contributed by atoms with Crippen LogP contribution in [0.25, 0.3) is 0 Å². The molecule has 0 bridgehead atoms. The van der Waals surface area contributed by atoms with Gasteiger partial charge in [0.25, 0.3) is 0 Å². The highest BCUT2D eigenvalue weighted by Gasteiger charge is 2.46. The van der Waals surface area contributed by atoms with E-state index in [-0.39, 0.29) is 63.3 Å². The van der Waals surface area contributed by atoms with Gasteiger partial charge in [-0.1, -0.05) is 105 Å². The van der Waals surface area contributed by atoms with Crippen molar-refractivity contribution in [3.63, 3.8) is 0 Å². The smallest absolute Gasteiger partial charge is 0.351 e. The van der Waals surface area contributed by atoms with Crippen LogP contribution in [0.5, 0.6) is 0 Å². The molecule has 89 heavy (non-hydrogen) atoms. The van der Waals surface area contributed by atoms with Crippen LogP contribution in [0.4, 0.5) is 13.2 Å². The maximum Gasteiger partial charge on any atom is 0.417 e. The fourth-order valence-corrected chi connectivity index (χ4v) is 12.4. The summed E-state index contributed by atoms with van der Waals surface area (Å²) in [5, 5.41) is 10.7. The summed E-state index contributed by atoms with van der Waals surface area (Å²) >= 11 is 6.09. The van der Waals surface area contributed by atoms with Crippen molar-refractivity contribution in [3.8, 4) is 0 Å². The molecule has 22 nitrogen and oxygen atoms in total. The van der Waals surface area contributed by atoms with Crippen LogP contribution in [0.3, 0.4) is 0 Å². The number of likely N-dealkylation sites (N-methyl/N-ethyl adjacent to an activating group) is 6. The molecular weight excluding hydrogens is 1180 g/mol. The number of hydrogen-bond donors (Lipinski definition) is 4. The minimum absolute atomic E-state index is 0.0307. The van der Waals surface area contributed by atoms with Gasteiger partial charge in [0.1, 0.15) is 41.8 Å². The largest absolute Gasteiger partial charge is 0.417 e. The van der Waals surface area contributed by atoms with Crippen LogP contribution in [-0.2, 0) is 65.3 Å². The van der Waals surface area contributed by atoms with E-state index >= 15 is 0 Å². The number of carbonyl (C=O) groups excluding carboxylic acids is 11. The van der Waals surface area contributed by atoms with Crippen molar-refractivity contribution in [2.45, 2.75) is 206 Å². The number of benzene rings is 1. The van der Waals surface area contributed by atoms with E-state index in [0.717, 1.165) is 58.9 Å². The van der Waals surface area contributed by atoms with E-state index in [0.29, 0.717) is 18.4 Å². The summed E-state index contributed by atoms with van der Waals surface area (Å²) in [5.74, 6) is -8.09. The second-order valence-electron chi connectivity index (χ2n) is 26.0. The Morgan fingerprint density at radius 1 is 0.674 bits per heavy atom. The molecule has 1 aromatic carbocycles. The molecule has 2 aliphatic heterocycles. The number of nitrogens with one attached hydrogen (secondary N) is 4. The Hall–Kier alpha value is -6.53. The SMILES string of the molecule is CC[C@H](C)[C@@H]1NC(=O)[C@H](CC(C)C)N(C)C(=O)C[C@@H](C)NC(=O)[C@H](C(C)C)N(C)C(=O)[C@@](C)(CC)NC(=O)C2CCCN2C(=O)[C@H](CCc2ccc(C(F)(F)F)c(Cl)c2)NC(=O)CN(C)C(=O)[C@H](CC2CCCCC2)N(C)C(=O)CN(C)C(=O)CN(C)C1=O. The molecule has 1 aliphatic carbocycles. The Morgan fingerprint density at radius 2 is 1.28 bits per heavy atom. The van der Waals surface area contributed by atoms with Gasteiger partial charge in [0, 0.05) is 61.3 Å². The zero-order chi connectivity index (χ0) is 67.2. The van der Waals surface area contributed by atoms with Crippen molar-refractivity contribution in [2.24, 2.45) is 23.7 Å². The number of rotatable bonds is 11. The fourth-order valence-electron chi connectivity index (χ4n) is 12.1. The zero-order valence-electron chi connectivity index (χ0n) is 54.9. The molecular formula is C63H99ClF3N11O11. The van der Waals surface area contributed by atoms with Gasteiger partial charge in [-0.05, 0) is 100 Å². The number of aryl methyl sites for hydroxylation is 1. The number of alkyl halides is 3. The number of fused-ring (bicyclic) bond motifs is 1. The summed E-state index contributed by atoms with van der Waals surface area (Å²) in [6, 6.07) is -4.71. The molecule has 0 aromatic heterocycles. The van der Waals surface area contributed by atoms with E-state index in [1.807, 2.05) is 20.8 Å². The number of carbonyl (C=O) groups is 11. The minimum atomic E-state index is -4.75. The summed E-state index contributed by atoms with van der Waals surface area (Å²) in [6.45, 7) is 14.0. The van der Waals surface area contributed by atoms with Crippen LogP contribution >= 0.6 is 11.6 Å². The Labute approximate surface area is 528 Å². The highest BCUT2D eigenvalue weighted by atomic mass is 35.5. The van der Waals surface area contributed by atoms with Gasteiger partial charge in [-0.25, -0.2) is 0 Å². The third kappa shape index (κ3) is 20.2. The van der Waals surface area contributed by atoms with Crippen molar-refractivity contribution in [1.82, 2.24) is 55.6 Å². The molecule has 2 saturated heterocycles. The van der Waals surface area contributed by atoms with Crippen LogP contribution in [0.2, 0.25) is 5.02 Å². The quantitative estimate of drug-likeness (QED) is 0.229. The van der Waals surface area contributed by atoms with Crippen LogP contribution < -0.4 is 21.3 Å². The predicted octanol–water partition coefficient (Wildman–Crippen LogP) is 5.02. The van der Waals surface area contributed by atoms with E-state index in [9.17, 15) is 65.9 Å². The maximum absolute atomic E-state index is 14.9. The molecule has 4 rings (SSSR count). The van der Waals surface area contributed by atoms with Crippen molar-refractivity contribution in [3.05, 3.63) is 34.3 Å². The van der Waals surface area contributed by atoms with Gasteiger partial charge in [-0.2, -0.15) is 13.2 Å². The lowest BCUT2D eigenvalue weighted by molar-refractivity contribution is -0.149. The molecule has 2 heterocycles. The van der Waals surface area contributed by atoms with E-state index in [1.54, 1.807) is 34.6 Å². The van der Waals surface area contributed by atoms with Gasteiger partial charge in [-0.15, -0.1) is 0 Å². The molecule has 500 valence electrons. The topological polar surface area (TPSA) is 259 Å². The van der Waals surface area contributed by atoms with E-state index in [1.165, 1.54) is 74.9 Å². The first-order chi connectivity index (χ1) is 41.5. The molecule has 1 saturated carbocycles. The standard InChI is InChI=1S/C63H99ClF3N11O11/c1-16-39(7)53-60(88)74(12)35-51(81)72(10)36-52(82)76(14)48(33-41-22-19-18-20-23-41)59(87)73(11)34-49(79)69-45(28-26-42-25-27-43(44(64)32-42)63(65,66)67)58(86)78-29-21-24-46(78)56(84)71-62(9,17-2)61(89)77(15)54(38(5)6)57(85)68-40(8)31-50(80)75(13)47(30-37(3)4)55(83)70-53/h25,27,32,37-41,45-48,53-54H,16-24,26,28-31,33-36H2,1-15H3,(H,68,85)(H,69,79)(H,70,83)(H,71,84)/t39-,40+,45-,46?,47-,48-,53-,54-,62+/m0/s1. The molecule has 3 fully saturated rings. The van der Waals surface area contributed by atoms with Crippen LogP contribution in [-0.4, -0.2) is 216 Å². The van der Waals surface area contributed by atoms with Gasteiger partial charge in [0.15, 0.2) is 0 Å². The van der Waals surface area contributed by atoms with Crippen LogP contribution in [0, 0.1) is 23.7 Å². The molecule has 1 unspecified atom stereocenters. The minimum Gasteiger partial charge on any atom is -0.351 e. The lowest BCUT2D eigenvalue weighted by Crippen LogP contribution is -2.64. The van der Waals surface area contributed by atoms with E-state index < -0.39 is 161 Å². The van der Waals surface area contributed by atoms with E-state index in [4.69, 9.17) is 11.6 Å². The molecule has 11 amide bonds. The van der Waals surface area contributed by atoms with Crippen molar-refractivity contribution >= 4 is 76.6 Å². The fraction of sp³-hybridized carbons (Fsp3) is 0.730. The van der Waals surface area contributed by atoms with Crippen molar-refractivity contribution in [1.29, 1.82) is 0 Å². The monoisotopic (exact) mass is 1280 g/mol. The first-order valence-electron chi connectivity index (χ1n) is 31.4. The first-order valence-corrected chi connectivity index (χ1v) is 31.8.